The SMILES string of the molecule is C#Cc1nc(N2CC[C@@H]2C)nc2c1CCC2. The minimum Gasteiger partial charge on any atom is -0.338 e. The topological polar surface area (TPSA) is 29.0 Å². The van der Waals surface area contributed by atoms with Crippen LogP contribution in [-0.4, -0.2) is 22.6 Å². The molecule has 0 unspecified atom stereocenters. The molecule has 3 nitrogen and oxygen atoms in total. The van der Waals surface area contributed by atoms with Crippen LogP contribution < -0.4 is 4.90 Å². The molecule has 1 saturated heterocycles. The molecule has 0 amide bonds. The highest BCUT2D eigenvalue weighted by molar-refractivity contribution is 5.46. The number of aromatic nitrogens is 2. The Labute approximate surface area is 95.9 Å². The normalized spacial score (nSPS) is 22.5. The molecule has 2 aliphatic rings. The Morgan fingerprint density at radius 3 is 2.88 bits per heavy atom. The first kappa shape index (κ1) is 9.65. The second-order valence-electron chi connectivity index (χ2n) is 4.63. The van der Waals surface area contributed by atoms with Crippen molar-refractivity contribution in [3.8, 4) is 12.3 Å². The molecule has 2 heterocycles. The Kier molecular flexibility index (Phi) is 2.10. The van der Waals surface area contributed by atoms with Gasteiger partial charge in [-0.15, -0.1) is 6.42 Å². The van der Waals surface area contributed by atoms with E-state index >= 15 is 0 Å². The van der Waals surface area contributed by atoms with Gasteiger partial charge in [0.2, 0.25) is 5.95 Å². The summed E-state index contributed by atoms with van der Waals surface area (Å²) in [5.74, 6) is 3.55. The summed E-state index contributed by atoms with van der Waals surface area (Å²) >= 11 is 0. The van der Waals surface area contributed by atoms with Crippen molar-refractivity contribution in [1.29, 1.82) is 0 Å². The van der Waals surface area contributed by atoms with Crippen LogP contribution >= 0.6 is 0 Å². The van der Waals surface area contributed by atoms with Gasteiger partial charge in [0.05, 0.1) is 5.69 Å². The van der Waals surface area contributed by atoms with E-state index < -0.39 is 0 Å². The molecular formula is C13H15N3. The Hall–Kier alpha value is -1.56. The van der Waals surface area contributed by atoms with Crippen LogP contribution in [0.3, 0.4) is 0 Å². The van der Waals surface area contributed by atoms with E-state index in [9.17, 15) is 0 Å². The Balaban J connectivity index is 2.05. The zero-order valence-corrected chi connectivity index (χ0v) is 9.53. The summed E-state index contributed by atoms with van der Waals surface area (Å²) in [7, 11) is 0. The largest absolute Gasteiger partial charge is 0.338 e. The molecule has 16 heavy (non-hydrogen) atoms. The fourth-order valence-electron chi connectivity index (χ4n) is 2.48. The first-order valence-corrected chi connectivity index (χ1v) is 5.92. The second kappa shape index (κ2) is 3.48. The maximum atomic E-state index is 5.53. The van der Waals surface area contributed by atoms with Gasteiger partial charge in [-0.2, -0.15) is 0 Å². The number of nitrogens with zero attached hydrogens (tertiary/aromatic N) is 3. The number of terminal acetylenes is 1. The zero-order valence-electron chi connectivity index (χ0n) is 9.53. The highest BCUT2D eigenvalue weighted by Gasteiger charge is 2.28. The van der Waals surface area contributed by atoms with Crippen LogP contribution in [0.2, 0.25) is 0 Å². The lowest BCUT2D eigenvalue weighted by Gasteiger charge is -2.38. The summed E-state index contributed by atoms with van der Waals surface area (Å²) < 4.78 is 0. The van der Waals surface area contributed by atoms with E-state index in [0.717, 1.165) is 37.4 Å². The maximum Gasteiger partial charge on any atom is 0.227 e. The molecule has 82 valence electrons. The molecule has 0 spiro atoms. The highest BCUT2D eigenvalue weighted by atomic mass is 15.3. The lowest BCUT2D eigenvalue weighted by atomic mass is 10.1. The molecule has 1 aliphatic heterocycles. The van der Waals surface area contributed by atoms with Crippen LogP contribution in [0.25, 0.3) is 0 Å². The monoisotopic (exact) mass is 213 g/mol. The number of hydrogen-bond acceptors (Lipinski definition) is 3. The average molecular weight is 213 g/mol. The molecule has 0 radical (unpaired) electrons. The second-order valence-corrected chi connectivity index (χ2v) is 4.63. The number of anilines is 1. The van der Waals surface area contributed by atoms with Gasteiger partial charge >= 0.3 is 0 Å². The van der Waals surface area contributed by atoms with Gasteiger partial charge in [-0.1, -0.05) is 0 Å². The van der Waals surface area contributed by atoms with Crippen LogP contribution in [0.5, 0.6) is 0 Å². The van der Waals surface area contributed by atoms with Crippen LogP contribution in [0.15, 0.2) is 0 Å². The molecule has 1 aliphatic carbocycles. The summed E-state index contributed by atoms with van der Waals surface area (Å²) in [5.41, 5.74) is 3.20. The van der Waals surface area contributed by atoms with Crippen molar-refractivity contribution in [1.82, 2.24) is 9.97 Å². The van der Waals surface area contributed by atoms with Crippen LogP contribution in [0.4, 0.5) is 5.95 Å². The molecule has 0 bridgehead atoms. The van der Waals surface area contributed by atoms with Crippen molar-refractivity contribution >= 4 is 5.95 Å². The van der Waals surface area contributed by atoms with Gasteiger partial charge in [0.25, 0.3) is 0 Å². The third-order valence-electron chi connectivity index (χ3n) is 3.63. The van der Waals surface area contributed by atoms with E-state index in [-0.39, 0.29) is 0 Å². The summed E-state index contributed by atoms with van der Waals surface area (Å²) in [6.07, 6.45) is 10.0. The predicted octanol–water partition coefficient (Wildman–Crippen LogP) is 1.55. The van der Waals surface area contributed by atoms with Crippen LogP contribution in [-0.2, 0) is 12.8 Å². The minimum absolute atomic E-state index is 0.560. The van der Waals surface area contributed by atoms with E-state index in [4.69, 9.17) is 6.42 Å². The van der Waals surface area contributed by atoms with Gasteiger partial charge in [0, 0.05) is 18.2 Å². The van der Waals surface area contributed by atoms with Gasteiger partial charge in [0.1, 0.15) is 5.69 Å². The average Bonchev–Trinajstić information content (AvgIpc) is 2.74. The first-order chi connectivity index (χ1) is 7.79. The van der Waals surface area contributed by atoms with Crippen molar-refractivity contribution in [3.05, 3.63) is 17.0 Å². The fraction of sp³-hybridized carbons (Fsp3) is 0.538. The molecule has 3 rings (SSSR count). The van der Waals surface area contributed by atoms with Gasteiger partial charge in [0.15, 0.2) is 0 Å². The molecule has 1 fully saturated rings. The van der Waals surface area contributed by atoms with Crippen molar-refractivity contribution in [2.24, 2.45) is 0 Å². The van der Waals surface area contributed by atoms with Gasteiger partial charge in [-0.25, -0.2) is 9.97 Å². The van der Waals surface area contributed by atoms with E-state index in [0.29, 0.717) is 6.04 Å². The van der Waals surface area contributed by atoms with Crippen molar-refractivity contribution in [3.63, 3.8) is 0 Å². The predicted molar refractivity (Wildman–Crippen MR) is 63.4 cm³/mol. The Bertz CT molecular complexity index is 473. The smallest absolute Gasteiger partial charge is 0.227 e. The number of hydrogen-bond donors (Lipinski definition) is 0. The third kappa shape index (κ3) is 1.30. The van der Waals surface area contributed by atoms with Crippen molar-refractivity contribution in [2.75, 3.05) is 11.4 Å². The number of rotatable bonds is 1. The Morgan fingerprint density at radius 1 is 1.38 bits per heavy atom. The Morgan fingerprint density at radius 2 is 2.25 bits per heavy atom. The maximum absolute atomic E-state index is 5.53. The van der Waals surface area contributed by atoms with E-state index in [1.165, 1.54) is 17.7 Å². The highest BCUT2D eigenvalue weighted by Crippen LogP contribution is 2.28. The number of fused-ring (bicyclic) bond motifs is 1. The van der Waals surface area contributed by atoms with Gasteiger partial charge in [-0.05, 0) is 38.5 Å². The van der Waals surface area contributed by atoms with Crippen LogP contribution in [0, 0.1) is 12.3 Å². The lowest BCUT2D eigenvalue weighted by Crippen LogP contribution is -2.46. The van der Waals surface area contributed by atoms with Crippen molar-refractivity contribution in [2.45, 2.75) is 38.6 Å². The molecular weight excluding hydrogens is 198 g/mol. The quantitative estimate of drug-likeness (QED) is 0.663. The van der Waals surface area contributed by atoms with E-state index in [1.54, 1.807) is 0 Å². The first-order valence-electron chi connectivity index (χ1n) is 5.92. The van der Waals surface area contributed by atoms with E-state index in [1.807, 2.05) is 0 Å². The molecule has 0 saturated carbocycles. The van der Waals surface area contributed by atoms with Gasteiger partial charge in [-0.3, -0.25) is 0 Å². The summed E-state index contributed by atoms with van der Waals surface area (Å²) in [4.78, 5) is 11.4. The minimum atomic E-state index is 0.560. The van der Waals surface area contributed by atoms with Gasteiger partial charge < -0.3 is 4.90 Å². The lowest BCUT2D eigenvalue weighted by molar-refractivity contribution is 0.469. The molecule has 1 atom stereocenters. The number of aryl methyl sites for hydroxylation is 1. The standard InChI is InChI=1S/C13H15N3/c1-3-11-10-5-4-6-12(10)15-13(14-11)16-8-7-9(16)2/h1,9H,4-8H2,2H3/t9-/m0/s1. The van der Waals surface area contributed by atoms with E-state index in [2.05, 4.69) is 27.7 Å². The summed E-state index contributed by atoms with van der Waals surface area (Å²) in [6.45, 7) is 3.26. The zero-order chi connectivity index (χ0) is 11.1. The van der Waals surface area contributed by atoms with Crippen molar-refractivity contribution < 1.29 is 0 Å². The fourth-order valence-corrected chi connectivity index (χ4v) is 2.48. The molecule has 0 aromatic carbocycles. The third-order valence-corrected chi connectivity index (χ3v) is 3.63. The summed E-state index contributed by atoms with van der Waals surface area (Å²) in [6, 6.07) is 0.560. The molecule has 3 heteroatoms. The summed E-state index contributed by atoms with van der Waals surface area (Å²) in [5, 5.41) is 0. The van der Waals surface area contributed by atoms with Crippen LogP contribution in [0.1, 0.15) is 36.7 Å². The molecule has 0 N–H and O–H groups in total. The molecule has 1 aromatic heterocycles. The molecule has 1 aromatic rings.